The predicted molar refractivity (Wildman–Crippen MR) is 59.6 cm³/mol. The van der Waals surface area contributed by atoms with E-state index >= 15 is 0 Å². The maximum Gasteiger partial charge on any atom is 0.471 e. The van der Waals surface area contributed by atoms with E-state index in [1.807, 2.05) is 0 Å². The van der Waals surface area contributed by atoms with Crippen molar-refractivity contribution >= 4 is 17.6 Å². The Kier molecular flexibility index (Phi) is 5.06. The van der Waals surface area contributed by atoms with Crippen LogP contribution in [0.25, 0.3) is 0 Å². The normalized spacial score (nSPS) is 11.3. The van der Waals surface area contributed by atoms with Gasteiger partial charge in [0, 0.05) is 0 Å². The molecule has 1 aromatic carbocycles. The van der Waals surface area contributed by atoms with Gasteiger partial charge in [-0.1, -0.05) is 0 Å². The van der Waals surface area contributed by atoms with E-state index in [9.17, 15) is 31.5 Å². The Morgan fingerprint density at radius 3 is 2.38 bits per heavy atom. The van der Waals surface area contributed by atoms with Crippen molar-refractivity contribution < 1.29 is 41.4 Å². The van der Waals surface area contributed by atoms with Crippen LogP contribution in [0.15, 0.2) is 18.2 Å². The monoisotopic (exact) mass is 313 g/mol. The van der Waals surface area contributed by atoms with Crippen LogP contribution in [0.2, 0.25) is 0 Å². The van der Waals surface area contributed by atoms with Gasteiger partial charge in [-0.05, 0) is 18.2 Å². The van der Waals surface area contributed by atoms with Gasteiger partial charge in [0.15, 0.2) is 0 Å². The molecule has 1 rings (SSSR count). The number of alkyl halides is 5. The Labute approximate surface area is 114 Å². The molecule has 0 aromatic heterocycles. The molecule has 2 N–H and O–H groups in total. The molecule has 0 bridgehead atoms. The van der Waals surface area contributed by atoms with Gasteiger partial charge >= 0.3 is 18.1 Å². The fraction of sp³-hybridized carbons (Fsp3) is 0.273. The summed E-state index contributed by atoms with van der Waals surface area (Å²) < 4.78 is 65.0. The van der Waals surface area contributed by atoms with Crippen LogP contribution >= 0.6 is 0 Å². The molecule has 0 aliphatic carbocycles. The molecule has 1 amide bonds. The average Bonchev–Trinajstić information content (AvgIpc) is 2.35. The zero-order valence-corrected chi connectivity index (χ0v) is 10.1. The second-order valence-corrected chi connectivity index (χ2v) is 3.67. The zero-order chi connectivity index (χ0) is 16.2. The molecule has 116 valence electrons. The summed E-state index contributed by atoms with van der Waals surface area (Å²) in [5.41, 5.74) is -0.966. The standard InChI is InChI=1S/C11H8F5NO4/c12-8(13)4-21-7-3-5(9(18)19)1-2-6(7)17-10(20)11(14,15)16/h1-3,8H,4H2,(H,17,20)(H,18,19). The molecular formula is C11H8F5NO4. The Balaban J connectivity index is 3.06. The lowest BCUT2D eigenvalue weighted by Gasteiger charge is -2.14. The number of hydrogen-bond acceptors (Lipinski definition) is 3. The highest BCUT2D eigenvalue weighted by atomic mass is 19.4. The molecule has 5 nitrogen and oxygen atoms in total. The van der Waals surface area contributed by atoms with E-state index in [2.05, 4.69) is 4.74 Å². The largest absolute Gasteiger partial charge is 0.485 e. The van der Waals surface area contributed by atoms with Gasteiger partial charge in [-0.15, -0.1) is 0 Å². The third kappa shape index (κ3) is 4.89. The van der Waals surface area contributed by atoms with Crippen molar-refractivity contribution in [3.8, 4) is 5.75 Å². The fourth-order valence-electron chi connectivity index (χ4n) is 1.22. The molecule has 1 aromatic rings. The summed E-state index contributed by atoms with van der Waals surface area (Å²) in [5.74, 6) is -4.38. The number of hydrogen-bond donors (Lipinski definition) is 2. The van der Waals surface area contributed by atoms with Crippen molar-refractivity contribution in [1.29, 1.82) is 0 Å². The topological polar surface area (TPSA) is 75.6 Å². The van der Waals surface area contributed by atoms with Crippen LogP contribution in [0.4, 0.5) is 27.6 Å². The van der Waals surface area contributed by atoms with Crippen molar-refractivity contribution in [1.82, 2.24) is 0 Å². The minimum atomic E-state index is -5.19. The van der Waals surface area contributed by atoms with E-state index in [-0.39, 0.29) is 0 Å². The van der Waals surface area contributed by atoms with Crippen LogP contribution in [-0.2, 0) is 4.79 Å². The van der Waals surface area contributed by atoms with Gasteiger partial charge in [-0.2, -0.15) is 13.2 Å². The molecule has 0 saturated heterocycles. The SMILES string of the molecule is O=C(O)c1ccc(NC(=O)C(F)(F)F)c(OCC(F)F)c1. The second-order valence-electron chi connectivity index (χ2n) is 3.67. The summed E-state index contributed by atoms with van der Waals surface area (Å²) in [6.45, 7) is -1.17. The lowest BCUT2D eigenvalue weighted by Crippen LogP contribution is -2.30. The fourth-order valence-corrected chi connectivity index (χ4v) is 1.22. The molecule has 0 radical (unpaired) electrons. The number of benzene rings is 1. The molecule has 0 aliphatic heterocycles. The Hall–Kier alpha value is -2.39. The number of carboxylic acid groups (broad SMARTS) is 1. The Morgan fingerprint density at radius 1 is 1.29 bits per heavy atom. The van der Waals surface area contributed by atoms with Crippen LogP contribution in [0.1, 0.15) is 10.4 Å². The number of halogens is 5. The van der Waals surface area contributed by atoms with Crippen molar-refractivity contribution in [2.75, 3.05) is 11.9 Å². The second kappa shape index (κ2) is 6.37. The van der Waals surface area contributed by atoms with E-state index in [0.717, 1.165) is 18.2 Å². The number of carbonyl (C=O) groups is 2. The Bertz CT molecular complexity index is 544. The molecule has 0 atom stereocenters. The van der Waals surface area contributed by atoms with E-state index in [0.29, 0.717) is 0 Å². The number of amides is 1. The molecule has 10 heteroatoms. The molecule has 0 unspecified atom stereocenters. The number of carbonyl (C=O) groups excluding carboxylic acids is 1. The zero-order valence-electron chi connectivity index (χ0n) is 10.1. The summed E-state index contributed by atoms with van der Waals surface area (Å²) in [5, 5.41) is 10.1. The van der Waals surface area contributed by atoms with Gasteiger partial charge in [-0.25, -0.2) is 13.6 Å². The minimum Gasteiger partial charge on any atom is -0.485 e. The molecule has 21 heavy (non-hydrogen) atoms. The first-order chi connectivity index (χ1) is 9.61. The van der Waals surface area contributed by atoms with E-state index in [4.69, 9.17) is 5.11 Å². The van der Waals surface area contributed by atoms with Gasteiger partial charge in [0.05, 0.1) is 11.3 Å². The van der Waals surface area contributed by atoms with Crippen LogP contribution in [0.3, 0.4) is 0 Å². The number of anilines is 1. The molecular weight excluding hydrogens is 305 g/mol. The van der Waals surface area contributed by atoms with Crippen LogP contribution in [0, 0.1) is 0 Å². The molecule has 0 fully saturated rings. The van der Waals surface area contributed by atoms with E-state index in [1.54, 1.807) is 0 Å². The number of ether oxygens (including phenoxy) is 1. The van der Waals surface area contributed by atoms with Gasteiger partial charge in [0.2, 0.25) is 0 Å². The summed E-state index contributed by atoms with van der Waals surface area (Å²) in [7, 11) is 0. The van der Waals surface area contributed by atoms with Gasteiger partial charge in [-0.3, -0.25) is 4.79 Å². The highest BCUT2D eigenvalue weighted by Gasteiger charge is 2.39. The van der Waals surface area contributed by atoms with Crippen LogP contribution in [0.5, 0.6) is 5.75 Å². The van der Waals surface area contributed by atoms with Crippen molar-refractivity contribution in [3.63, 3.8) is 0 Å². The molecule has 0 saturated carbocycles. The van der Waals surface area contributed by atoms with Crippen LogP contribution in [-0.4, -0.2) is 36.2 Å². The summed E-state index contributed by atoms with van der Waals surface area (Å²) >= 11 is 0. The minimum absolute atomic E-state index is 0.399. The quantitative estimate of drug-likeness (QED) is 0.819. The number of carboxylic acids is 1. The molecule has 0 aliphatic rings. The molecule has 0 heterocycles. The molecule has 0 spiro atoms. The summed E-state index contributed by atoms with van der Waals surface area (Å²) in [4.78, 5) is 21.5. The number of rotatable bonds is 5. The summed E-state index contributed by atoms with van der Waals surface area (Å²) in [6, 6.07) is 2.44. The van der Waals surface area contributed by atoms with Crippen molar-refractivity contribution in [2.45, 2.75) is 12.6 Å². The van der Waals surface area contributed by atoms with E-state index in [1.165, 1.54) is 5.32 Å². The maximum atomic E-state index is 12.1. The third-order valence-corrected chi connectivity index (χ3v) is 2.10. The highest BCUT2D eigenvalue weighted by Crippen LogP contribution is 2.28. The average molecular weight is 313 g/mol. The predicted octanol–water partition coefficient (Wildman–Crippen LogP) is 2.53. The van der Waals surface area contributed by atoms with E-state index < -0.39 is 48.1 Å². The van der Waals surface area contributed by atoms with Gasteiger partial charge in [0.1, 0.15) is 12.4 Å². The number of aromatic carboxylic acids is 1. The number of nitrogens with one attached hydrogen (secondary N) is 1. The lowest BCUT2D eigenvalue weighted by atomic mass is 10.2. The smallest absolute Gasteiger partial charge is 0.471 e. The first-order valence-corrected chi connectivity index (χ1v) is 5.27. The van der Waals surface area contributed by atoms with Gasteiger partial charge in [0.25, 0.3) is 6.43 Å². The van der Waals surface area contributed by atoms with Crippen molar-refractivity contribution in [3.05, 3.63) is 23.8 Å². The maximum absolute atomic E-state index is 12.1. The first kappa shape index (κ1) is 16.7. The Morgan fingerprint density at radius 2 is 1.90 bits per heavy atom. The van der Waals surface area contributed by atoms with Crippen LogP contribution < -0.4 is 10.1 Å². The summed E-state index contributed by atoms with van der Waals surface area (Å²) in [6.07, 6.45) is -8.12. The van der Waals surface area contributed by atoms with Gasteiger partial charge < -0.3 is 15.2 Å². The first-order valence-electron chi connectivity index (χ1n) is 5.27. The third-order valence-electron chi connectivity index (χ3n) is 2.10. The lowest BCUT2D eigenvalue weighted by molar-refractivity contribution is -0.167. The highest BCUT2D eigenvalue weighted by molar-refractivity contribution is 5.97. The van der Waals surface area contributed by atoms with Crippen molar-refractivity contribution in [2.24, 2.45) is 0 Å².